The Hall–Kier alpha value is -2.96. The third-order valence-electron chi connectivity index (χ3n) is 6.29. The second kappa shape index (κ2) is 11.3. The van der Waals surface area contributed by atoms with Gasteiger partial charge >= 0.3 is 0 Å². The van der Waals surface area contributed by atoms with Gasteiger partial charge in [0.05, 0.1) is 12.2 Å². The molecule has 1 aliphatic heterocycles. The SMILES string of the molecule is CC[C@H](C)N(CC(=O)N1CCN(c2ccc(-c3ccc(C)cc3)nn2)CC1)C(=O)CC(C)C. The molecule has 2 amide bonds. The molecule has 0 saturated carbocycles. The van der Waals surface area contributed by atoms with Crippen molar-refractivity contribution in [2.75, 3.05) is 37.6 Å². The van der Waals surface area contributed by atoms with Gasteiger partial charge in [0.1, 0.15) is 0 Å². The minimum Gasteiger partial charge on any atom is -0.352 e. The first-order valence-electron chi connectivity index (χ1n) is 12.0. The highest BCUT2D eigenvalue weighted by Gasteiger charge is 2.27. The fourth-order valence-electron chi connectivity index (χ4n) is 3.98. The lowest BCUT2D eigenvalue weighted by Crippen LogP contribution is -2.53. The van der Waals surface area contributed by atoms with Gasteiger partial charge in [-0.2, -0.15) is 0 Å². The molecule has 7 heteroatoms. The molecule has 1 fully saturated rings. The van der Waals surface area contributed by atoms with Gasteiger partial charge in [-0.25, -0.2) is 0 Å². The lowest BCUT2D eigenvalue weighted by atomic mass is 10.1. The van der Waals surface area contributed by atoms with Crippen LogP contribution in [-0.2, 0) is 9.59 Å². The first-order chi connectivity index (χ1) is 15.8. The molecular formula is C26H37N5O2. The van der Waals surface area contributed by atoms with E-state index in [9.17, 15) is 9.59 Å². The van der Waals surface area contributed by atoms with Crippen LogP contribution in [0.1, 0.15) is 46.1 Å². The number of anilines is 1. The molecule has 0 bridgehead atoms. The van der Waals surface area contributed by atoms with E-state index in [4.69, 9.17) is 0 Å². The Morgan fingerprint density at radius 3 is 2.18 bits per heavy atom. The first kappa shape index (κ1) is 24.7. The molecule has 1 saturated heterocycles. The molecular weight excluding hydrogens is 414 g/mol. The molecule has 33 heavy (non-hydrogen) atoms. The van der Waals surface area contributed by atoms with Crippen molar-refractivity contribution in [3.63, 3.8) is 0 Å². The number of piperazine rings is 1. The van der Waals surface area contributed by atoms with Crippen molar-refractivity contribution >= 4 is 17.6 Å². The number of carbonyl (C=O) groups is 2. The summed E-state index contributed by atoms with van der Waals surface area (Å²) in [4.78, 5) is 31.4. The summed E-state index contributed by atoms with van der Waals surface area (Å²) in [5.41, 5.74) is 3.11. The number of aromatic nitrogens is 2. The number of amides is 2. The summed E-state index contributed by atoms with van der Waals surface area (Å²) in [5, 5.41) is 8.83. The second-order valence-electron chi connectivity index (χ2n) is 9.39. The van der Waals surface area contributed by atoms with Crippen LogP contribution in [0.15, 0.2) is 36.4 Å². The highest BCUT2D eigenvalue weighted by molar-refractivity contribution is 5.85. The summed E-state index contributed by atoms with van der Waals surface area (Å²) < 4.78 is 0. The van der Waals surface area contributed by atoms with Gasteiger partial charge in [0.15, 0.2) is 5.82 Å². The van der Waals surface area contributed by atoms with E-state index >= 15 is 0 Å². The summed E-state index contributed by atoms with van der Waals surface area (Å²) in [5.74, 6) is 1.19. The van der Waals surface area contributed by atoms with Crippen LogP contribution in [0.4, 0.5) is 5.82 Å². The van der Waals surface area contributed by atoms with Gasteiger partial charge in [-0.15, -0.1) is 10.2 Å². The molecule has 0 spiro atoms. The monoisotopic (exact) mass is 451 g/mol. The third kappa shape index (κ3) is 6.53. The quantitative estimate of drug-likeness (QED) is 0.611. The lowest BCUT2D eigenvalue weighted by Gasteiger charge is -2.37. The molecule has 7 nitrogen and oxygen atoms in total. The summed E-state index contributed by atoms with van der Waals surface area (Å²) in [6, 6.07) is 12.3. The molecule has 0 N–H and O–H groups in total. The maximum Gasteiger partial charge on any atom is 0.242 e. The number of carbonyl (C=O) groups excluding carboxylic acids is 2. The van der Waals surface area contributed by atoms with Crippen LogP contribution < -0.4 is 4.90 Å². The highest BCUT2D eigenvalue weighted by Crippen LogP contribution is 2.20. The number of hydrogen-bond acceptors (Lipinski definition) is 5. The van der Waals surface area contributed by atoms with Gasteiger partial charge in [-0.3, -0.25) is 9.59 Å². The molecule has 178 valence electrons. The molecule has 1 aromatic carbocycles. The van der Waals surface area contributed by atoms with Gasteiger partial charge in [-0.05, 0) is 38.3 Å². The van der Waals surface area contributed by atoms with Crippen LogP contribution in [0.5, 0.6) is 0 Å². The van der Waals surface area contributed by atoms with Crippen LogP contribution in [0.25, 0.3) is 11.3 Å². The Morgan fingerprint density at radius 1 is 0.970 bits per heavy atom. The fourth-order valence-corrected chi connectivity index (χ4v) is 3.98. The zero-order chi connectivity index (χ0) is 24.0. The van der Waals surface area contributed by atoms with E-state index in [1.54, 1.807) is 4.90 Å². The smallest absolute Gasteiger partial charge is 0.242 e. The van der Waals surface area contributed by atoms with Gasteiger partial charge < -0.3 is 14.7 Å². The minimum atomic E-state index is 0.0212. The van der Waals surface area contributed by atoms with Crippen molar-refractivity contribution in [1.82, 2.24) is 20.0 Å². The van der Waals surface area contributed by atoms with Gasteiger partial charge in [0.2, 0.25) is 11.8 Å². The van der Waals surface area contributed by atoms with E-state index in [0.717, 1.165) is 23.5 Å². The van der Waals surface area contributed by atoms with E-state index in [1.807, 2.05) is 37.8 Å². The highest BCUT2D eigenvalue weighted by atomic mass is 16.2. The van der Waals surface area contributed by atoms with Crippen molar-refractivity contribution < 1.29 is 9.59 Å². The normalized spacial score (nSPS) is 15.0. The molecule has 2 heterocycles. The summed E-state index contributed by atoms with van der Waals surface area (Å²) in [6.07, 6.45) is 1.31. The summed E-state index contributed by atoms with van der Waals surface area (Å²) in [6.45, 7) is 13.0. The van der Waals surface area contributed by atoms with Gasteiger partial charge in [0.25, 0.3) is 0 Å². The maximum absolute atomic E-state index is 13.0. The standard InChI is InChI=1S/C26H37N5O2/c1-6-21(5)31(25(32)17-19(2)3)18-26(33)30-15-13-29(14-16-30)24-12-11-23(27-28-24)22-9-7-20(4)8-10-22/h7-12,19,21H,6,13-18H2,1-5H3/t21-/m0/s1. The average molecular weight is 452 g/mol. The maximum atomic E-state index is 13.0. The molecule has 1 atom stereocenters. The Morgan fingerprint density at radius 2 is 1.64 bits per heavy atom. The number of hydrogen-bond donors (Lipinski definition) is 0. The predicted octanol–water partition coefficient (Wildman–Crippen LogP) is 3.77. The van der Waals surface area contributed by atoms with Gasteiger partial charge in [-0.1, -0.05) is 50.6 Å². The predicted molar refractivity (Wildman–Crippen MR) is 132 cm³/mol. The van der Waals surface area contributed by atoms with Crippen molar-refractivity contribution in [1.29, 1.82) is 0 Å². The first-order valence-corrected chi connectivity index (χ1v) is 12.0. The topological polar surface area (TPSA) is 69.6 Å². The molecule has 1 aliphatic rings. The number of aryl methyl sites for hydroxylation is 1. The Kier molecular flexibility index (Phi) is 8.42. The number of rotatable bonds is 8. The minimum absolute atomic E-state index is 0.0212. The fraction of sp³-hybridized carbons (Fsp3) is 0.538. The Bertz CT molecular complexity index is 919. The van der Waals surface area contributed by atoms with Gasteiger partial charge in [0, 0.05) is 44.2 Å². The number of benzene rings is 1. The van der Waals surface area contributed by atoms with Crippen molar-refractivity contribution in [3.8, 4) is 11.3 Å². The Labute approximate surface area is 197 Å². The van der Waals surface area contributed by atoms with E-state index in [-0.39, 0.29) is 30.3 Å². The lowest BCUT2D eigenvalue weighted by molar-refractivity contribution is -0.143. The van der Waals surface area contributed by atoms with Crippen LogP contribution >= 0.6 is 0 Å². The van der Waals surface area contributed by atoms with Crippen molar-refractivity contribution in [2.45, 2.75) is 53.5 Å². The molecule has 0 radical (unpaired) electrons. The molecule has 3 rings (SSSR count). The van der Waals surface area contributed by atoms with E-state index in [1.165, 1.54) is 5.56 Å². The summed E-state index contributed by atoms with van der Waals surface area (Å²) >= 11 is 0. The third-order valence-corrected chi connectivity index (χ3v) is 6.29. The number of nitrogens with zero attached hydrogens (tertiary/aromatic N) is 5. The second-order valence-corrected chi connectivity index (χ2v) is 9.39. The molecule has 2 aromatic rings. The average Bonchev–Trinajstić information content (AvgIpc) is 2.82. The largest absolute Gasteiger partial charge is 0.352 e. The molecule has 0 aliphatic carbocycles. The Balaban J connectivity index is 1.56. The van der Waals surface area contributed by atoms with Crippen molar-refractivity contribution in [2.24, 2.45) is 5.92 Å². The van der Waals surface area contributed by atoms with E-state index in [2.05, 4.69) is 53.2 Å². The zero-order valence-electron chi connectivity index (χ0n) is 20.6. The zero-order valence-corrected chi connectivity index (χ0v) is 20.6. The van der Waals surface area contributed by atoms with E-state index in [0.29, 0.717) is 32.6 Å². The van der Waals surface area contributed by atoms with Crippen LogP contribution in [0.2, 0.25) is 0 Å². The van der Waals surface area contributed by atoms with Crippen LogP contribution in [-0.4, -0.2) is 70.6 Å². The molecule has 0 unspecified atom stereocenters. The van der Waals surface area contributed by atoms with Crippen LogP contribution in [0.3, 0.4) is 0 Å². The van der Waals surface area contributed by atoms with Crippen molar-refractivity contribution in [3.05, 3.63) is 42.0 Å². The van der Waals surface area contributed by atoms with Crippen LogP contribution in [0, 0.1) is 12.8 Å². The van der Waals surface area contributed by atoms with E-state index < -0.39 is 0 Å². The molecule has 1 aromatic heterocycles. The summed E-state index contributed by atoms with van der Waals surface area (Å²) in [7, 11) is 0.